The van der Waals surface area contributed by atoms with E-state index in [4.69, 9.17) is 16.3 Å². The van der Waals surface area contributed by atoms with E-state index >= 15 is 0 Å². The summed E-state index contributed by atoms with van der Waals surface area (Å²) >= 11 is 6.18. The van der Waals surface area contributed by atoms with Crippen LogP contribution in [0.2, 0.25) is 5.15 Å². The van der Waals surface area contributed by atoms with Gasteiger partial charge in [0.2, 0.25) is 0 Å². The number of para-hydroxylation sites is 3. The molecule has 6 heteroatoms. The molecular weight excluding hydrogens is 362 g/mol. The normalized spacial score (nSPS) is 11.3. The monoisotopic (exact) mass is 375 g/mol. The standard InChI is InChI=1S/C21H14ClN3O2/c22-21-15(11-14-5-1-2-6-17(14)25-21)13-27-20(26)10-9-16-12-23-18-7-3-4-8-19(18)24-16/h1-12H,13H2/b10-9+. The Hall–Kier alpha value is -3.31. The molecule has 2 aromatic heterocycles. The first-order chi connectivity index (χ1) is 13.2. The van der Waals surface area contributed by atoms with Gasteiger partial charge in [-0.25, -0.2) is 14.8 Å². The Bertz CT molecular complexity index is 1170. The van der Waals surface area contributed by atoms with Crippen molar-refractivity contribution in [3.8, 4) is 0 Å². The lowest BCUT2D eigenvalue weighted by atomic mass is 10.2. The van der Waals surface area contributed by atoms with Crippen molar-refractivity contribution < 1.29 is 9.53 Å². The zero-order valence-electron chi connectivity index (χ0n) is 14.2. The van der Waals surface area contributed by atoms with E-state index in [0.29, 0.717) is 16.4 Å². The van der Waals surface area contributed by atoms with E-state index in [9.17, 15) is 4.79 Å². The molecule has 132 valence electrons. The lowest BCUT2D eigenvalue weighted by Gasteiger charge is -2.06. The van der Waals surface area contributed by atoms with Gasteiger partial charge in [0, 0.05) is 17.0 Å². The van der Waals surface area contributed by atoms with Crippen molar-refractivity contribution in [1.29, 1.82) is 0 Å². The summed E-state index contributed by atoms with van der Waals surface area (Å²) in [6.07, 6.45) is 4.50. The van der Waals surface area contributed by atoms with Gasteiger partial charge in [-0.05, 0) is 30.3 Å². The number of carbonyl (C=O) groups is 1. The van der Waals surface area contributed by atoms with Gasteiger partial charge in [-0.2, -0.15) is 0 Å². The second-order valence-electron chi connectivity index (χ2n) is 5.86. The Morgan fingerprint density at radius 2 is 1.74 bits per heavy atom. The molecule has 2 heterocycles. The molecule has 0 saturated carbocycles. The number of hydrogen-bond donors (Lipinski definition) is 0. The van der Waals surface area contributed by atoms with Crippen molar-refractivity contribution in [3.63, 3.8) is 0 Å². The molecule has 0 spiro atoms. The van der Waals surface area contributed by atoms with Crippen molar-refractivity contribution in [2.24, 2.45) is 0 Å². The molecule has 5 nitrogen and oxygen atoms in total. The fourth-order valence-electron chi connectivity index (χ4n) is 2.64. The molecule has 0 atom stereocenters. The molecule has 0 aliphatic heterocycles. The summed E-state index contributed by atoms with van der Waals surface area (Å²) in [5.41, 5.74) is 3.60. The first kappa shape index (κ1) is 17.1. The zero-order chi connectivity index (χ0) is 18.6. The smallest absolute Gasteiger partial charge is 0.331 e. The van der Waals surface area contributed by atoms with Gasteiger partial charge < -0.3 is 4.74 Å². The minimum absolute atomic E-state index is 0.0449. The van der Waals surface area contributed by atoms with Crippen LogP contribution in [-0.2, 0) is 16.1 Å². The minimum atomic E-state index is -0.491. The lowest BCUT2D eigenvalue weighted by molar-refractivity contribution is -0.138. The molecule has 0 fully saturated rings. The fourth-order valence-corrected chi connectivity index (χ4v) is 2.84. The first-order valence-corrected chi connectivity index (χ1v) is 8.68. The number of nitrogens with zero attached hydrogens (tertiary/aromatic N) is 3. The highest BCUT2D eigenvalue weighted by atomic mass is 35.5. The molecule has 0 bridgehead atoms. The Labute approximate surface area is 160 Å². The molecule has 0 saturated heterocycles. The van der Waals surface area contributed by atoms with Gasteiger partial charge in [-0.1, -0.05) is 41.9 Å². The summed E-state index contributed by atoms with van der Waals surface area (Å²) in [7, 11) is 0. The van der Waals surface area contributed by atoms with E-state index in [2.05, 4.69) is 15.0 Å². The summed E-state index contributed by atoms with van der Waals surface area (Å²) in [6.45, 7) is 0.0449. The molecule has 4 rings (SSSR count). The van der Waals surface area contributed by atoms with Gasteiger partial charge in [-0.15, -0.1) is 0 Å². The number of carbonyl (C=O) groups excluding carboxylic acids is 1. The van der Waals surface area contributed by atoms with Gasteiger partial charge in [0.05, 0.1) is 28.4 Å². The number of pyridine rings is 1. The maximum atomic E-state index is 12.0. The van der Waals surface area contributed by atoms with Crippen LogP contribution < -0.4 is 0 Å². The third kappa shape index (κ3) is 3.93. The summed E-state index contributed by atoms with van der Waals surface area (Å²) < 4.78 is 5.27. The van der Waals surface area contributed by atoms with Crippen LogP contribution in [-0.4, -0.2) is 20.9 Å². The molecule has 0 amide bonds. The van der Waals surface area contributed by atoms with E-state index < -0.39 is 5.97 Å². The van der Waals surface area contributed by atoms with Crippen molar-refractivity contribution in [2.45, 2.75) is 6.61 Å². The minimum Gasteiger partial charge on any atom is -0.458 e. The van der Waals surface area contributed by atoms with Crippen LogP contribution in [0.4, 0.5) is 0 Å². The molecule has 2 aromatic carbocycles. The van der Waals surface area contributed by atoms with Crippen LogP contribution in [0.25, 0.3) is 28.0 Å². The maximum absolute atomic E-state index is 12.0. The number of hydrogen-bond acceptors (Lipinski definition) is 5. The van der Waals surface area contributed by atoms with Crippen LogP contribution in [0.15, 0.2) is 66.9 Å². The SMILES string of the molecule is O=C(/C=C/c1cnc2ccccc2n1)OCc1cc2ccccc2nc1Cl. The van der Waals surface area contributed by atoms with E-state index in [1.165, 1.54) is 6.08 Å². The summed E-state index contributed by atoms with van der Waals surface area (Å²) in [4.78, 5) is 25.0. The third-order valence-corrected chi connectivity index (χ3v) is 4.30. The predicted molar refractivity (Wildman–Crippen MR) is 105 cm³/mol. The Morgan fingerprint density at radius 3 is 2.59 bits per heavy atom. The summed E-state index contributed by atoms with van der Waals surface area (Å²) in [6, 6.07) is 17.0. The zero-order valence-corrected chi connectivity index (χ0v) is 14.9. The Morgan fingerprint density at radius 1 is 1.00 bits per heavy atom. The molecule has 0 N–H and O–H groups in total. The average Bonchev–Trinajstić information content (AvgIpc) is 2.70. The molecular formula is C21H14ClN3O2. The van der Waals surface area contributed by atoms with Crippen LogP contribution in [0.5, 0.6) is 0 Å². The van der Waals surface area contributed by atoms with Crippen LogP contribution in [0, 0.1) is 0 Å². The van der Waals surface area contributed by atoms with Crippen LogP contribution >= 0.6 is 11.6 Å². The number of fused-ring (bicyclic) bond motifs is 2. The maximum Gasteiger partial charge on any atom is 0.331 e. The molecule has 0 unspecified atom stereocenters. The third-order valence-electron chi connectivity index (χ3n) is 3.98. The number of benzene rings is 2. The van der Waals surface area contributed by atoms with Gasteiger partial charge in [0.15, 0.2) is 0 Å². The fraction of sp³-hybridized carbons (Fsp3) is 0.0476. The van der Waals surface area contributed by atoms with Crippen molar-refractivity contribution in [3.05, 3.63) is 83.3 Å². The lowest BCUT2D eigenvalue weighted by Crippen LogP contribution is -2.02. The number of halogens is 1. The molecule has 0 radical (unpaired) electrons. The highest BCUT2D eigenvalue weighted by Crippen LogP contribution is 2.21. The number of esters is 1. The van der Waals surface area contributed by atoms with Crippen molar-refractivity contribution in [2.75, 3.05) is 0 Å². The second kappa shape index (κ2) is 7.51. The van der Waals surface area contributed by atoms with Crippen molar-refractivity contribution in [1.82, 2.24) is 15.0 Å². The topological polar surface area (TPSA) is 65.0 Å². The van der Waals surface area contributed by atoms with Crippen LogP contribution in [0.3, 0.4) is 0 Å². The van der Waals surface area contributed by atoms with E-state index in [1.807, 2.05) is 54.6 Å². The number of aromatic nitrogens is 3. The van der Waals surface area contributed by atoms with E-state index in [0.717, 1.165) is 21.9 Å². The van der Waals surface area contributed by atoms with Crippen LogP contribution in [0.1, 0.15) is 11.3 Å². The molecule has 0 aliphatic carbocycles. The molecule has 0 aliphatic rings. The molecule has 4 aromatic rings. The quantitative estimate of drug-likeness (QED) is 0.296. The highest BCUT2D eigenvalue weighted by Gasteiger charge is 2.07. The van der Waals surface area contributed by atoms with E-state index in [-0.39, 0.29) is 6.61 Å². The first-order valence-electron chi connectivity index (χ1n) is 8.30. The summed E-state index contributed by atoms with van der Waals surface area (Å²) in [5, 5.41) is 1.26. The van der Waals surface area contributed by atoms with Gasteiger partial charge in [0.25, 0.3) is 0 Å². The predicted octanol–water partition coefficient (Wildman–Crippen LogP) is 4.59. The second-order valence-corrected chi connectivity index (χ2v) is 6.21. The van der Waals surface area contributed by atoms with Gasteiger partial charge in [-0.3, -0.25) is 4.98 Å². The molecule has 27 heavy (non-hydrogen) atoms. The average molecular weight is 376 g/mol. The Kier molecular flexibility index (Phi) is 4.77. The van der Waals surface area contributed by atoms with Crippen molar-refractivity contribution >= 4 is 45.6 Å². The van der Waals surface area contributed by atoms with E-state index in [1.54, 1.807) is 12.3 Å². The van der Waals surface area contributed by atoms with Gasteiger partial charge >= 0.3 is 5.97 Å². The largest absolute Gasteiger partial charge is 0.458 e. The number of rotatable bonds is 4. The Balaban J connectivity index is 1.44. The van der Waals surface area contributed by atoms with Gasteiger partial charge in [0.1, 0.15) is 11.8 Å². The summed E-state index contributed by atoms with van der Waals surface area (Å²) in [5.74, 6) is -0.491. The number of ether oxygens (including phenoxy) is 1. The highest BCUT2D eigenvalue weighted by molar-refractivity contribution is 6.30.